The number of nitrogens with one attached hydrogen (secondary N) is 1. The Balaban J connectivity index is 1.90. The number of likely N-dealkylation sites (tertiary alicyclic amines) is 1. The van der Waals surface area contributed by atoms with Crippen molar-refractivity contribution in [2.45, 2.75) is 18.9 Å². The van der Waals surface area contributed by atoms with Gasteiger partial charge in [-0.2, -0.15) is 15.4 Å². The van der Waals surface area contributed by atoms with Crippen LogP contribution >= 0.6 is 11.6 Å². The molecule has 0 bridgehead atoms. The van der Waals surface area contributed by atoms with Gasteiger partial charge in [-0.05, 0) is 24.5 Å². The highest BCUT2D eigenvalue weighted by molar-refractivity contribution is 6.31. The number of hydrogen-bond acceptors (Lipinski definition) is 3. The lowest BCUT2D eigenvalue weighted by atomic mass is 10.0. The fraction of sp³-hybridized carbons (Fsp3) is 0.308. The van der Waals surface area contributed by atoms with Gasteiger partial charge in [0.2, 0.25) is 0 Å². The largest absolute Gasteiger partial charge is 0.330 e. The van der Waals surface area contributed by atoms with E-state index in [0.717, 1.165) is 24.9 Å². The number of amides is 1. The van der Waals surface area contributed by atoms with Crippen molar-refractivity contribution in [2.24, 2.45) is 0 Å². The van der Waals surface area contributed by atoms with Gasteiger partial charge < -0.3 is 4.90 Å². The SMILES string of the molecule is O=C(c1cn[nH]n1)N1CCCC1c1ccccc1Cl. The van der Waals surface area contributed by atoms with E-state index in [-0.39, 0.29) is 11.9 Å². The average Bonchev–Trinajstić information content (AvgIpc) is 3.10. The first kappa shape index (κ1) is 12.2. The van der Waals surface area contributed by atoms with Crippen molar-refractivity contribution in [1.29, 1.82) is 0 Å². The van der Waals surface area contributed by atoms with Crippen molar-refractivity contribution in [2.75, 3.05) is 6.54 Å². The first-order chi connectivity index (χ1) is 9.27. The predicted octanol–water partition coefficient (Wildman–Crippen LogP) is 2.44. The fourth-order valence-corrected chi connectivity index (χ4v) is 2.79. The van der Waals surface area contributed by atoms with Crippen molar-refractivity contribution < 1.29 is 4.79 Å². The number of carbonyl (C=O) groups excluding carboxylic acids is 1. The second kappa shape index (κ2) is 5.01. The molecule has 1 fully saturated rings. The summed E-state index contributed by atoms with van der Waals surface area (Å²) in [4.78, 5) is 14.2. The molecule has 0 radical (unpaired) electrons. The quantitative estimate of drug-likeness (QED) is 0.916. The third-order valence-electron chi connectivity index (χ3n) is 3.41. The molecule has 19 heavy (non-hydrogen) atoms. The van der Waals surface area contributed by atoms with E-state index >= 15 is 0 Å². The Bertz CT molecular complexity index is 584. The third-order valence-corrected chi connectivity index (χ3v) is 3.76. The maximum Gasteiger partial charge on any atom is 0.276 e. The van der Waals surface area contributed by atoms with E-state index in [4.69, 9.17) is 11.6 Å². The van der Waals surface area contributed by atoms with Crippen LogP contribution in [0.5, 0.6) is 0 Å². The van der Waals surface area contributed by atoms with Gasteiger partial charge in [-0.3, -0.25) is 4.79 Å². The zero-order valence-electron chi connectivity index (χ0n) is 10.2. The molecule has 1 aliphatic rings. The molecule has 1 aliphatic heterocycles. The van der Waals surface area contributed by atoms with Crippen LogP contribution in [0.4, 0.5) is 0 Å². The molecule has 1 aromatic heterocycles. The summed E-state index contributed by atoms with van der Waals surface area (Å²) < 4.78 is 0. The molecule has 3 rings (SSSR count). The smallest absolute Gasteiger partial charge is 0.276 e. The molecule has 1 atom stereocenters. The Morgan fingerprint density at radius 1 is 1.42 bits per heavy atom. The molecule has 2 heterocycles. The second-order valence-corrected chi connectivity index (χ2v) is 4.94. The number of halogens is 1. The van der Waals surface area contributed by atoms with Crippen LogP contribution in [-0.2, 0) is 0 Å². The third kappa shape index (κ3) is 2.21. The molecule has 1 unspecified atom stereocenters. The number of aromatic amines is 1. The Hall–Kier alpha value is -1.88. The van der Waals surface area contributed by atoms with Crippen LogP contribution in [0, 0.1) is 0 Å². The van der Waals surface area contributed by atoms with Gasteiger partial charge in [0, 0.05) is 11.6 Å². The highest BCUT2D eigenvalue weighted by atomic mass is 35.5. The second-order valence-electron chi connectivity index (χ2n) is 4.53. The van der Waals surface area contributed by atoms with E-state index in [2.05, 4.69) is 15.4 Å². The van der Waals surface area contributed by atoms with Gasteiger partial charge in [0.15, 0.2) is 5.69 Å². The molecule has 2 aromatic rings. The Kier molecular flexibility index (Phi) is 3.21. The van der Waals surface area contributed by atoms with E-state index in [9.17, 15) is 4.79 Å². The lowest BCUT2D eigenvalue weighted by Gasteiger charge is -2.24. The molecule has 1 N–H and O–H groups in total. The van der Waals surface area contributed by atoms with E-state index < -0.39 is 0 Å². The Morgan fingerprint density at radius 2 is 2.26 bits per heavy atom. The minimum Gasteiger partial charge on any atom is -0.330 e. The molecule has 6 heteroatoms. The number of aromatic nitrogens is 3. The molecule has 0 aliphatic carbocycles. The standard InChI is InChI=1S/C13H13ClN4O/c14-10-5-2-1-4-9(10)12-6-3-7-18(12)13(19)11-8-15-17-16-11/h1-2,4-5,8,12H,3,6-7H2,(H,15,16,17). The number of rotatable bonds is 2. The molecule has 5 nitrogen and oxygen atoms in total. The Morgan fingerprint density at radius 3 is 3.00 bits per heavy atom. The number of benzene rings is 1. The summed E-state index contributed by atoms with van der Waals surface area (Å²) in [6, 6.07) is 7.69. The molecular formula is C13H13ClN4O. The van der Waals surface area contributed by atoms with Crippen LogP contribution in [0.1, 0.15) is 34.9 Å². The van der Waals surface area contributed by atoms with Crippen LogP contribution < -0.4 is 0 Å². The van der Waals surface area contributed by atoms with E-state index in [1.54, 1.807) is 0 Å². The minimum atomic E-state index is -0.101. The number of carbonyl (C=O) groups is 1. The highest BCUT2D eigenvalue weighted by Crippen LogP contribution is 2.36. The maximum absolute atomic E-state index is 12.4. The molecule has 1 saturated heterocycles. The van der Waals surface area contributed by atoms with E-state index in [1.165, 1.54) is 6.20 Å². The lowest BCUT2D eigenvalue weighted by molar-refractivity contribution is 0.0729. The predicted molar refractivity (Wildman–Crippen MR) is 70.8 cm³/mol. The average molecular weight is 277 g/mol. The summed E-state index contributed by atoms with van der Waals surface area (Å²) in [5, 5.41) is 10.7. The van der Waals surface area contributed by atoms with Crippen LogP contribution in [0.15, 0.2) is 30.5 Å². The molecule has 1 aromatic carbocycles. The van der Waals surface area contributed by atoms with Gasteiger partial charge in [0.05, 0.1) is 12.2 Å². The van der Waals surface area contributed by atoms with Crippen molar-refractivity contribution in [3.05, 3.63) is 46.7 Å². The van der Waals surface area contributed by atoms with Gasteiger partial charge >= 0.3 is 0 Å². The Labute approximate surface area is 115 Å². The van der Waals surface area contributed by atoms with Gasteiger partial charge in [-0.25, -0.2) is 0 Å². The molecule has 1 amide bonds. The summed E-state index contributed by atoms with van der Waals surface area (Å²) in [6.45, 7) is 0.724. The van der Waals surface area contributed by atoms with Crippen molar-refractivity contribution in [3.63, 3.8) is 0 Å². The van der Waals surface area contributed by atoms with Gasteiger partial charge in [0.1, 0.15) is 0 Å². The molecular weight excluding hydrogens is 264 g/mol. The monoisotopic (exact) mass is 276 g/mol. The number of H-pyrrole nitrogens is 1. The summed E-state index contributed by atoms with van der Waals surface area (Å²) >= 11 is 6.23. The summed E-state index contributed by atoms with van der Waals surface area (Å²) in [5.74, 6) is -0.101. The van der Waals surface area contributed by atoms with E-state index in [1.807, 2.05) is 29.2 Å². The minimum absolute atomic E-state index is 0.0258. The highest BCUT2D eigenvalue weighted by Gasteiger charge is 2.32. The zero-order valence-corrected chi connectivity index (χ0v) is 11.0. The molecule has 98 valence electrons. The molecule has 0 saturated carbocycles. The number of nitrogens with zero attached hydrogens (tertiary/aromatic N) is 3. The summed E-state index contributed by atoms with van der Waals surface area (Å²) in [6.07, 6.45) is 3.34. The normalized spacial score (nSPS) is 18.8. The van der Waals surface area contributed by atoms with Crippen LogP contribution in [0.3, 0.4) is 0 Å². The van der Waals surface area contributed by atoms with Crippen molar-refractivity contribution >= 4 is 17.5 Å². The first-order valence-electron chi connectivity index (χ1n) is 6.18. The maximum atomic E-state index is 12.4. The summed E-state index contributed by atoms with van der Waals surface area (Å²) in [7, 11) is 0. The zero-order chi connectivity index (χ0) is 13.2. The first-order valence-corrected chi connectivity index (χ1v) is 6.56. The topological polar surface area (TPSA) is 61.9 Å². The van der Waals surface area contributed by atoms with Gasteiger partial charge in [-0.15, -0.1) is 0 Å². The lowest BCUT2D eigenvalue weighted by Crippen LogP contribution is -2.31. The van der Waals surface area contributed by atoms with Crippen molar-refractivity contribution in [1.82, 2.24) is 20.3 Å². The number of hydrogen-bond donors (Lipinski definition) is 1. The fourth-order valence-electron chi connectivity index (χ4n) is 2.53. The van der Waals surface area contributed by atoms with Crippen LogP contribution in [0.2, 0.25) is 5.02 Å². The summed E-state index contributed by atoms with van der Waals surface area (Å²) in [5.41, 5.74) is 1.34. The van der Waals surface area contributed by atoms with Crippen molar-refractivity contribution in [3.8, 4) is 0 Å². The van der Waals surface area contributed by atoms with Gasteiger partial charge in [0.25, 0.3) is 5.91 Å². The van der Waals surface area contributed by atoms with Crippen LogP contribution in [0.25, 0.3) is 0 Å². The van der Waals surface area contributed by atoms with E-state index in [0.29, 0.717) is 10.7 Å². The van der Waals surface area contributed by atoms with Gasteiger partial charge in [-0.1, -0.05) is 29.8 Å². The van der Waals surface area contributed by atoms with Crippen LogP contribution in [-0.4, -0.2) is 32.8 Å². The molecule has 0 spiro atoms.